The lowest BCUT2D eigenvalue weighted by molar-refractivity contribution is -0.161. The molecule has 0 aliphatic heterocycles. The van der Waals surface area contributed by atoms with E-state index in [1.165, 1.54) is 148 Å². The van der Waals surface area contributed by atoms with Crippen molar-refractivity contribution in [1.29, 1.82) is 0 Å². The zero-order valence-corrected chi connectivity index (χ0v) is 57.4. The minimum Gasteiger partial charge on any atom is -0.462 e. The Balaban J connectivity index is 5.21. The lowest BCUT2D eigenvalue weighted by Crippen LogP contribution is -2.30. The summed E-state index contributed by atoms with van der Waals surface area (Å²) >= 11 is 0. The van der Waals surface area contributed by atoms with Crippen molar-refractivity contribution in [2.75, 3.05) is 39.6 Å². The Labute approximate surface area is 524 Å². The van der Waals surface area contributed by atoms with Gasteiger partial charge in [-0.3, -0.25) is 37.3 Å². The number of phosphoric ester groups is 2. The van der Waals surface area contributed by atoms with Crippen LogP contribution < -0.4 is 0 Å². The van der Waals surface area contributed by atoms with Crippen LogP contribution in [0.4, 0.5) is 0 Å². The van der Waals surface area contributed by atoms with E-state index in [1.54, 1.807) is 0 Å². The van der Waals surface area contributed by atoms with Crippen LogP contribution in [0.1, 0.15) is 337 Å². The van der Waals surface area contributed by atoms with Crippen molar-refractivity contribution in [3.63, 3.8) is 0 Å². The Morgan fingerprint density at radius 1 is 0.314 bits per heavy atom. The molecular weight excluding hydrogens is 1140 g/mol. The van der Waals surface area contributed by atoms with E-state index in [-0.39, 0.29) is 25.7 Å². The molecule has 0 heterocycles. The summed E-state index contributed by atoms with van der Waals surface area (Å²) in [4.78, 5) is 72.3. The first-order valence-electron chi connectivity index (χ1n) is 35.0. The third kappa shape index (κ3) is 60.9. The second-order valence-electron chi connectivity index (χ2n) is 25.2. The summed E-state index contributed by atoms with van der Waals surface area (Å²) in [5.74, 6) is -0.678. The summed E-state index contributed by atoms with van der Waals surface area (Å²) in [7, 11) is -9.89. The summed E-state index contributed by atoms with van der Waals surface area (Å²) in [6.07, 6.45) is 43.2. The maximum absolute atomic E-state index is 13.0. The van der Waals surface area contributed by atoms with Crippen LogP contribution in [0.5, 0.6) is 0 Å². The molecule has 0 aliphatic carbocycles. The Kier molecular flexibility index (Phi) is 58.0. The van der Waals surface area contributed by atoms with E-state index in [0.29, 0.717) is 31.6 Å². The number of aliphatic hydroxyl groups is 1. The molecule has 0 aromatic rings. The molecule has 5 atom stereocenters. The Morgan fingerprint density at radius 2 is 0.535 bits per heavy atom. The fourth-order valence-electron chi connectivity index (χ4n) is 10.1. The number of esters is 4. The van der Waals surface area contributed by atoms with Gasteiger partial charge in [0.05, 0.1) is 26.4 Å². The zero-order valence-electron chi connectivity index (χ0n) is 55.6. The summed E-state index contributed by atoms with van der Waals surface area (Å²) in [5.41, 5.74) is 0. The third-order valence-corrected chi connectivity index (χ3v) is 17.4. The molecule has 0 saturated heterocycles. The molecule has 0 aromatic carbocycles. The summed E-state index contributed by atoms with van der Waals surface area (Å²) in [5, 5.41) is 10.5. The Morgan fingerprint density at radius 3 is 0.791 bits per heavy atom. The Hall–Kier alpha value is -1.94. The van der Waals surface area contributed by atoms with Crippen LogP contribution in [-0.4, -0.2) is 96.7 Å². The van der Waals surface area contributed by atoms with E-state index in [2.05, 4.69) is 41.5 Å². The molecule has 0 aliphatic rings. The number of rotatable bonds is 66. The number of unbranched alkanes of at least 4 members (excludes halogenated alkanes) is 36. The van der Waals surface area contributed by atoms with Crippen molar-refractivity contribution >= 4 is 39.5 Å². The highest BCUT2D eigenvalue weighted by Crippen LogP contribution is 2.45. The van der Waals surface area contributed by atoms with Gasteiger partial charge in [0.15, 0.2) is 12.2 Å². The first-order valence-corrected chi connectivity index (χ1v) is 38.0. The lowest BCUT2D eigenvalue weighted by Gasteiger charge is -2.21. The molecule has 0 amide bonds. The molecular formula is C67H130O17P2. The smallest absolute Gasteiger partial charge is 0.462 e. The van der Waals surface area contributed by atoms with E-state index in [9.17, 15) is 43.2 Å². The van der Waals surface area contributed by atoms with Crippen LogP contribution in [0.25, 0.3) is 0 Å². The first kappa shape index (κ1) is 84.1. The second-order valence-corrected chi connectivity index (χ2v) is 28.1. The molecule has 86 heavy (non-hydrogen) atoms. The molecule has 0 radical (unpaired) electrons. The average Bonchev–Trinajstić information content (AvgIpc) is 3.55. The van der Waals surface area contributed by atoms with Gasteiger partial charge in [-0.05, 0) is 37.5 Å². The van der Waals surface area contributed by atoms with E-state index in [4.69, 9.17) is 37.0 Å². The highest BCUT2D eigenvalue weighted by atomic mass is 31.2. The quantitative estimate of drug-likeness (QED) is 0.0222. The molecule has 0 bridgehead atoms. The van der Waals surface area contributed by atoms with E-state index < -0.39 is 97.5 Å². The van der Waals surface area contributed by atoms with Gasteiger partial charge in [0.1, 0.15) is 19.3 Å². The number of carbonyl (C=O) groups is 4. The lowest BCUT2D eigenvalue weighted by atomic mass is 10.0. The monoisotopic (exact) mass is 1270 g/mol. The largest absolute Gasteiger partial charge is 0.472 e. The van der Waals surface area contributed by atoms with Crippen LogP contribution in [0.2, 0.25) is 0 Å². The van der Waals surface area contributed by atoms with E-state index in [1.807, 2.05) is 0 Å². The average molecular weight is 1270 g/mol. The van der Waals surface area contributed by atoms with Crippen LogP contribution in [0.15, 0.2) is 0 Å². The number of phosphoric acid groups is 2. The zero-order chi connectivity index (χ0) is 63.6. The van der Waals surface area contributed by atoms with Gasteiger partial charge in [0.25, 0.3) is 0 Å². The molecule has 19 heteroatoms. The molecule has 0 saturated carbocycles. The van der Waals surface area contributed by atoms with Crippen molar-refractivity contribution in [2.24, 2.45) is 11.8 Å². The van der Waals surface area contributed by atoms with Gasteiger partial charge >= 0.3 is 39.5 Å². The highest BCUT2D eigenvalue weighted by Gasteiger charge is 2.30. The summed E-state index contributed by atoms with van der Waals surface area (Å²) < 4.78 is 68.0. The molecule has 2 unspecified atom stereocenters. The molecule has 0 fully saturated rings. The number of ether oxygens (including phenoxy) is 4. The molecule has 0 spiro atoms. The minimum atomic E-state index is -4.95. The SMILES string of the molecule is CCCCCCCCCCCCCCCC(=O)OC[C@H](COP(=O)(O)OC[C@@H](O)COP(=O)(O)OC[C@@H](COC(=O)CCCCCCCCCC)OC(=O)CCCCCCCCC(C)C)OC(=O)CCCCCCCCCCCCCCCC(C)C. The van der Waals surface area contributed by atoms with Crippen molar-refractivity contribution < 1.29 is 80.2 Å². The number of carbonyl (C=O) groups excluding carboxylic acids is 4. The van der Waals surface area contributed by atoms with Gasteiger partial charge in [-0.1, -0.05) is 286 Å². The topological polar surface area (TPSA) is 237 Å². The van der Waals surface area contributed by atoms with Crippen molar-refractivity contribution in [3.8, 4) is 0 Å². The van der Waals surface area contributed by atoms with Gasteiger partial charge < -0.3 is 33.8 Å². The molecule has 3 N–H and O–H groups in total. The number of hydrogen-bond donors (Lipinski definition) is 3. The van der Waals surface area contributed by atoms with Gasteiger partial charge in [-0.15, -0.1) is 0 Å². The third-order valence-electron chi connectivity index (χ3n) is 15.5. The predicted octanol–water partition coefficient (Wildman–Crippen LogP) is 18.8. The van der Waals surface area contributed by atoms with Crippen LogP contribution in [0, 0.1) is 11.8 Å². The van der Waals surface area contributed by atoms with Gasteiger partial charge in [0.2, 0.25) is 0 Å². The van der Waals surface area contributed by atoms with Crippen molar-refractivity contribution in [3.05, 3.63) is 0 Å². The molecule has 510 valence electrons. The first-order chi connectivity index (χ1) is 41.4. The van der Waals surface area contributed by atoms with E-state index >= 15 is 0 Å². The standard InChI is InChI=1S/C67H130O17P2/c1-7-9-11-13-15-17-18-20-24-27-31-38-44-50-65(70)78-55-62(83-66(71)51-45-39-32-28-25-22-19-21-23-26-29-35-41-47-59(3)4)57-81-85(73,74)79-53-61(68)54-80-86(75,76)82-58-63(56-77-64(69)49-43-37-30-16-14-12-10-8-2)84-67(72)52-46-40-34-33-36-42-48-60(5)6/h59-63,68H,7-58H2,1-6H3,(H,73,74)(H,75,76)/t61-,62-,63-/m1/s1. The fraction of sp³-hybridized carbons (Fsp3) is 0.940. The summed E-state index contributed by atoms with van der Waals surface area (Å²) in [6, 6.07) is 0. The maximum atomic E-state index is 13.0. The highest BCUT2D eigenvalue weighted by molar-refractivity contribution is 7.47. The fourth-order valence-corrected chi connectivity index (χ4v) is 11.6. The number of hydrogen-bond acceptors (Lipinski definition) is 15. The van der Waals surface area contributed by atoms with Gasteiger partial charge in [0, 0.05) is 25.7 Å². The van der Waals surface area contributed by atoms with Crippen LogP contribution in [-0.2, 0) is 65.4 Å². The van der Waals surface area contributed by atoms with Gasteiger partial charge in [-0.2, -0.15) is 0 Å². The molecule has 0 aromatic heterocycles. The minimum absolute atomic E-state index is 0.102. The molecule has 0 rings (SSSR count). The van der Waals surface area contributed by atoms with Crippen LogP contribution >= 0.6 is 15.6 Å². The summed E-state index contributed by atoms with van der Waals surface area (Å²) in [6.45, 7) is 9.42. The Bertz CT molecular complexity index is 1680. The van der Waals surface area contributed by atoms with Crippen molar-refractivity contribution in [2.45, 2.75) is 355 Å². The number of aliphatic hydroxyl groups excluding tert-OH is 1. The van der Waals surface area contributed by atoms with Crippen molar-refractivity contribution in [1.82, 2.24) is 0 Å². The van der Waals surface area contributed by atoms with Crippen LogP contribution in [0.3, 0.4) is 0 Å². The van der Waals surface area contributed by atoms with E-state index in [0.717, 1.165) is 102 Å². The second kappa shape index (κ2) is 59.4. The molecule has 17 nitrogen and oxygen atoms in total. The predicted molar refractivity (Wildman–Crippen MR) is 345 cm³/mol. The van der Waals surface area contributed by atoms with Gasteiger partial charge in [-0.25, -0.2) is 9.13 Å². The normalized spacial score (nSPS) is 14.2. The maximum Gasteiger partial charge on any atom is 0.472 e.